The van der Waals surface area contributed by atoms with Gasteiger partial charge in [-0.25, -0.2) is 15.0 Å². The summed E-state index contributed by atoms with van der Waals surface area (Å²) in [4.78, 5) is 15.0. The minimum Gasteiger partial charge on any atom is -0.357 e. The number of thiazole rings is 2. The van der Waals surface area contributed by atoms with E-state index in [-0.39, 0.29) is 0 Å². The fourth-order valence-electron chi connectivity index (χ4n) is 2.22. The maximum Gasteiger partial charge on any atom is 0.191 e. The third kappa shape index (κ3) is 5.56. The highest BCUT2D eigenvalue weighted by Crippen LogP contribution is 2.19. The summed E-state index contributed by atoms with van der Waals surface area (Å²) >= 11 is 3.47. The van der Waals surface area contributed by atoms with Crippen molar-refractivity contribution in [3.05, 3.63) is 31.7 Å². The van der Waals surface area contributed by atoms with Crippen LogP contribution in [0.3, 0.4) is 0 Å². The van der Waals surface area contributed by atoms with Gasteiger partial charge in [0.1, 0.15) is 0 Å². The van der Waals surface area contributed by atoms with Gasteiger partial charge in [0, 0.05) is 35.7 Å². The molecule has 0 unspecified atom stereocenters. The van der Waals surface area contributed by atoms with Gasteiger partial charge in [-0.3, -0.25) is 0 Å². The van der Waals surface area contributed by atoms with Crippen LogP contribution in [0.15, 0.2) is 10.4 Å². The maximum atomic E-state index is 4.67. The molecule has 24 heavy (non-hydrogen) atoms. The van der Waals surface area contributed by atoms with E-state index < -0.39 is 0 Å². The normalized spacial score (nSPS) is 12.0. The summed E-state index contributed by atoms with van der Waals surface area (Å²) in [7, 11) is 0. The fraction of sp³-hybridized carbons (Fsp3) is 0.588. The van der Waals surface area contributed by atoms with E-state index in [9.17, 15) is 0 Å². The molecule has 0 amide bonds. The number of guanidine groups is 1. The van der Waals surface area contributed by atoms with Crippen LogP contribution in [0.5, 0.6) is 0 Å². The Morgan fingerprint density at radius 2 is 2.04 bits per heavy atom. The Bertz CT molecular complexity index is 672. The van der Waals surface area contributed by atoms with Crippen LogP contribution in [-0.2, 0) is 13.0 Å². The molecule has 132 valence electrons. The zero-order valence-electron chi connectivity index (χ0n) is 15.1. The molecule has 0 spiro atoms. The van der Waals surface area contributed by atoms with Crippen molar-refractivity contribution < 1.29 is 0 Å². The molecule has 0 aliphatic carbocycles. The van der Waals surface area contributed by atoms with E-state index in [0.29, 0.717) is 12.5 Å². The monoisotopic (exact) mass is 365 g/mol. The van der Waals surface area contributed by atoms with Gasteiger partial charge in [0.15, 0.2) is 5.96 Å². The summed E-state index contributed by atoms with van der Waals surface area (Å²) in [6.45, 7) is 12.9. The second-order valence-electron chi connectivity index (χ2n) is 5.95. The smallest absolute Gasteiger partial charge is 0.191 e. The van der Waals surface area contributed by atoms with Crippen molar-refractivity contribution in [3.8, 4) is 0 Å². The Kier molecular flexibility index (Phi) is 7.17. The Morgan fingerprint density at radius 3 is 2.62 bits per heavy atom. The average Bonchev–Trinajstić information content (AvgIpc) is 3.11. The molecule has 2 heterocycles. The van der Waals surface area contributed by atoms with E-state index in [4.69, 9.17) is 0 Å². The Hall–Kier alpha value is -1.47. The molecule has 0 aliphatic rings. The lowest BCUT2D eigenvalue weighted by Gasteiger charge is -2.10. The number of aryl methyl sites for hydroxylation is 2. The Morgan fingerprint density at radius 1 is 1.25 bits per heavy atom. The molecular weight excluding hydrogens is 338 g/mol. The third-order valence-electron chi connectivity index (χ3n) is 3.46. The van der Waals surface area contributed by atoms with Gasteiger partial charge in [0.05, 0.1) is 27.9 Å². The molecule has 2 aromatic heterocycles. The fourth-order valence-corrected chi connectivity index (χ4v) is 3.96. The predicted molar refractivity (Wildman–Crippen MR) is 104 cm³/mol. The van der Waals surface area contributed by atoms with E-state index in [1.165, 1.54) is 9.88 Å². The molecule has 2 aromatic rings. The van der Waals surface area contributed by atoms with Gasteiger partial charge >= 0.3 is 0 Å². The number of hydrogen-bond acceptors (Lipinski definition) is 5. The maximum absolute atomic E-state index is 4.67. The summed E-state index contributed by atoms with van der Waals surface area (Å²) in [5, 5.41) is 11.2. The van der Waals surface area contributed by atoms with Crippen molar-refractivity contribution in [1.82, 2.24) is 20.6 Å². The van der Waals surface area contributed by atoms with Crippen LogP contribution < -0.4 is 10.6 Å². The van der Waals surface area contributed by atoms with Crippen LogP contribution >= 0.6 is 22.7 Å². The highest BCUT2D eigenvalue weighted by Gasteiger charge is 2.07. The number of aromatic nitrogens is 2. The second-order valence-corrected chi connectivity index (χ2v) is 8.12. The van der Waals surface area contributed by atoms with Gasteiger partial charge in [-0.05, 0) is 20.8 Å². The average molecular weight is 366 g/mol. The topological polar surface area (TPSA) is 62.2 Å². The van der Waals surface area contributed by atoms with Crippen LogP contribution in [0.1, 0.15) is 53.0 Å². The van der Waals surface area contributed by atoms with Crippen LogP contribution in [0.2, 0.25) is 0 Å². The zero-order chi connectivity index (χ0) is 17.5. The molecular formula is C17H27N5S2. The molecule has 0 saturated heterocycles. The number of rotatable bonds is 7. The molecule has 0 saturated carbocycles. The van der Waals surface area contributed by atoms with Gasteiger partial charge in [-0.2, -0.15) is 0 Å². The molecule has 0 fully saturated rings. The number of hydrogen-bond donors (Lipinski definition) is 2. The molecule has 0 aliphatic heterocycles. The summed E-state index contributed by atoms with van der Waals surface area (Å²) in [5.41, 5.74) is 2.24. The van der Waals surface area contributed by atoms with Crippen molar-refractivity contribution in [2.75, 3.05) is 13.1 Å². The van der Waals surface area contributed by atoms with Crippen LogP contribution in [0, 0.1) is 13.8 Å². The second kappa shape index (κ2) is 9.13. The predicted octanol–water partition coefficient (Wildman–Crippen LogP) is 3.64. The zero-order valence-corrected chi connectivity index (χ0v) is 16.8. The standard InChI is InChI=1S/C17H27N5S2/c1-6-18-17(20-9-15-12(4)21-13(5)24-15)19-8-7-14-10-23-16(22-14)11(2)3/h10-11H,6-9H2,1-5H3,(H2,18,19,20). The van der Waals surface area contributed by atoms with Crippen molar-refractivity contribution in [2.24, 2.45) is 4.99 Å². The lowest BCUT2D eigenvalue weighted by molar-refractivity contribution is 0.780. The van der Waals surface area contributed by atoms with Gasteiger partial charge in [-0.15, -0.1) is 22.7 Å². The highest BCUT2D eigenvalue weighted by atomic mass is 32.1. The van der Waals surface area contributed by atoms with Gasteiger partial charge in [0.2, 0.25) is 0 Å². The molecule has 5 nitrogen and oxygen atoms in total. The molecule has 7 heteroatoms. The summed E-state index contributed by atoms with van der Waals surface area (Å²) < 4.78 is 0. The number of aliphatic imine (C=N–C) groups is 1. The third-order valence-corrected chi connectivity index (χ3v) is 5.71. The first-order chi connectivity index (χ1) is 11.5. The first-order valence-corrected chi connectivity index (χ1v) is 10.1. The number of nitrogens with one attached hydrogen (secondary N) is 2. The largest absolute Gasteiger partial charge is 0.357 e. The van der Waals surface area contributed by atoms with Crippen LogP contribution in [-0.4, -0.2) is 29.0 Å². The van der Waals surface area contributed by atoms with Gasteiger partial charge in [0.25, 0.3) is 0 Å². The molecule has 0 radical (unpaired) electrons. The summed E-state index contributed by atoms with van der Waals surface area (Å²) in [5.74, 6) is 1.35. The van der Waals surface area contributed by atoms with E-state index in [1.807, 2.05) is 13.8 Å². The first kappa shape index (κ1) is 18.9. The minimum absolute atomic E-state index is 0.502. The quantitative estimate of drug-likeness (QED) is 0.581. The van der Waals surface area contributed by atoms with Gasteiger partial charge < -0.3 is 10.6 Å². The lowest BCUT2D eigenvalue weighted by Crippen LogP contribution is -2.38. The molecule has 0 atom stereocenters. The molecule has 0 aromatic carbocycles. The van der Waals surface area contributed by atoms with E-state index >= 15 is 0 Å². The van der Waals surface area contributed by atoms with Crippen molar-refractivity contribution in [3.63, 3.8) is 0 Å². The molecule has 0 bridgehead atoms. The Balaban J connectivity index is 1.88. The van der Waals surface area contributed by atoms with Gasteiger partial charge in [-0.1, -0.05) is 13.8 Å². The number of nitrogens with zero attached hydrogens (tertiary/aromatic N) is 3. The molecule has 2 N–H and O–H groups in total. The summed E-state index contributed by atoms with van der Waals surface area (Å²) in [6, 6.07) is 0. The van der Waals surface area contributed by atoms with Crippen molar-refractivity contribution in [2.45, 2.75) is 53.5 Å². The minimum atomic E-state index is 0.502. The van der Waals surface area contributed by atoms with E-state index in [0.717, 1.165) is 41.9 Å². The van der Waals surface area contributed by atoms with Crippen molar-refractivity contribution in [1.29, 1.82) is 0 Å². The highest BCUT2D eigenvalue weighted by molar-refractivity contribution is 7.11. The SMILES string of the molecule is CCNC(=NCc1sc(C)nc1C)NCCc1csc(C(C)C)n1. The van der Waals surface area contributed by atoms with Crippen LogP contribution in [0.25, 0.3) is 0 Å². The van der Waals surface area contributed by atoms with Crippen molar-refractivity contribution >= 4 is 28.6 Å². The lowest BCUT2D eigenvalue weighted by atomic mass is 10.2. The first-order valence-electron chi connectivity index (χ1n) is 8.39. The van der Waals surface area contributed by atoms with Crippen LogP contribution in [0.4, 0.5) is 0 Å². The molecule has 2 rings (SSSR count). The van der Waals surface area contributed by atoms with E-state index in [1.54, 1.807) is 22.7 Å². The summed E-state index contributed by atoms with van der Waals surface area (Å²) in [6.07, 6.45) is 0.909. The van der Waals surface area contributed by atoms with E-state index in [2.05, 4.69) is 51.7 Å². The Labute approximate surface area is 152 Å².